The number of carbonyl (C=O) groups excluding carboxylic acids is 2. The first-order valence-corrected chi connectivity index (χ1v) is 12.6. The number of carbonyl (C=O) groups is 2. The molecule has 4 rings (SSSR count). The van der Waals surface area contributed by atoms with Crippen molar-refractivity contribution < 1.29 is 14.3 Å². The van der Waals surface area contributed by atoms with E-state index in [9.17, 15) is 9.59 Å². The van der Waals surface area contributed by atoms with E-state index in [2.05, 4.69) is 27.3 Å². The summed E-state index contributed by atoms with van der Waals surface area (Å²) in [7, 11) is 3.41. The molecule has 1 heterocycles. The number of unbranched alkanes of at least 4 members (excludes halogenated alkanes) is 1. The topological polar surface area (TPSA) is 122 Å². The van der Waals surface area contributed by atoms with Gasteiger partial charge in [-0.1, -0.05) is 24.3 Å². The van der Waals surface area contributed by atoms with Gasteiger partial charge in [0.1, 0.15) is 12.1 Å². The zero-order valence-corrected chi connectivity index (χ0v) is 22.1. The Morgan fingerprint density at radius 1 is 1.10 bits per heavy atom. The van der Waals surface area contributed by atoms with Gasteiger partial charge in [0.15, 0.2) is 5.82 Å². The van der Waals surface area contributed by atoms with Crippen molar-refractivity contribution in [2.75, 3.05) is 24.5 Å². The number of hydrogen-bond acceptors (Lipinski definition) is 7. The minimum absolute atomic E-state index is 0.164. The number of para-hydroxylation sites is 1. The number of ether oxygens (including phenoxy) is 1. The highest BCUT2D eigenvalue weighted by Gasteiger charge is 2.24. The molecule has 0 fully saturated rings. The van der Waals surface area contributed by atoms with E-state index in [0.717, 1.165) is 24.8 Å². The Morgan fingerprint density at radius 2 is 1.87 bits per heavy atom. The summed E-state index contributed by atoms with van der Waals surface area (Å²) in [6, 6.07) is 19.8. The quantitative estimate of drug-likeness (QED) is 0.135. The summed E-state index contributed by atoms with van der Waals surface area (Å²) in [5.41, 5.74) is 11.9. The number of anilines is 2. The molecular weight excluding hydrogens is 492 g/mol. The van der Waals surface area contributed by atoms with Crippen molar-refractivity contribution in [3.63, 3.8) is 0 Å². The summed E-state index contributed by atoms with van der Waals surface area (Å²) in [5, 5.41) is 5.65. The van der Waals surface area contributed by atoms with E-state index in [1.165, 1.54) is 6.33 Å². The molecule has 1 unspecified atom stereocenters. The van der Waals surface area contributed by atoms with Crippen LogP contribution in [0.3, 0.4) is 0 Å². The fourth-order valence-electron chi connectivity index (χ4n) is 4.54. The zero-order valence-electron chi connectivity index (χ0n) is 22.1. The average Bonchev–Trinajstić information content (AvgIpc) is 2.96. The van der Waals surface area contributed by atoms with Crippen LogP contribution in [0.15, 0.2) is 85.7 Å². The molecule has 200 valence electrons. The van der Waals surface area contributed by atoms with Gasteiger partial charge in [-0.3, -0.25) is 14.6 Å². The van der Waals surface area contributed by atoms with E-state index < -0.39 is 5.91 Å². The van der Waals surface area contributed by atoms with E-state index >= 15 is 0 Å². The van der Waals surface area contributed by atoms with Crippen LogP contribution in [-0.4, -0.2) is 35.9 Å². The molecule has 0 aliphatic heterocycles. The van der Waals surface area contributed by atoms with Crippen molar-refractivity contribution in [1.82, 2.24) is 15.4 Å². The number of hydrogen-bond donors (Lipinski definition) is 3. The molecule has 3 aromatic carbocycles. The van der Waals surface area contributed by atoms with Gasteiger partial charge in [0.2, 0.25) is 0 Å². The molecule has 0 saturated heterocycles. The van der Waals surface area contributed by atoms with Gasteiger partial charge in [-0.25, -0.2) is 15.4 Å². The summed E-state index contributed by atoms with van der Waals surface area (Å²) < 4.78 is 5.18. The lowest BCUT2D eigenvalue weighted by Crippen LogP contribution is -2.39. The second kappa shape index (κ2) is 12.7. The number of nitrogens with two attached hydrogens (primary N) is 1. The number of allylic oxidation sites excluding steroid dienone is 1. The number of hydrazine groups is 1. The van der Waals surface area contributed by atoms with Crippen molar-refractivity contribution >= 4 is 34.2 Å². The van der Waals surface area contributed by atoms with E-state index in [0.29, 0.717) is 39.3 Å². The Kier molecular flexibility index (Phi) is 8.86. The maximum atomic E-state index is 12.9. The van der Waals surface area contributed by atoms with Gasteiger partial charge in [-0.15, -0.1) is 6.58 Å². The lowest BCUT2D eigenvalue weighted by Gasteiger charge is -2.33. The van der Waals surface area contributed by atoms with Crippen molar-refractivity contribution in [3.05, 3.63) is 102 Å². The fraction of sp³-hybridized carbons (Fsp3) is 0.200. The van der Waals surface area contributed by atoms with Gasteiger partial charge in [-0.05, 0) is 73.4 Å². The smallest absolute Gasteiger partial charge is 0.255 e. The minimum Gasteiger partial charge on any atom is -0.497 e. The largest absolute Gasteiger partial charge is 0.497 e. The van der Waals surface area contributed by atoms with E-state index in [1.54, 1.807) is 43.5 Å². The number of nitrogens with zero attached hydrogens (tertiary/aromatic N) is 3. The maximum Gasteiger partial charge on any atom is 0.255 e. The number of nitrogens with one attached hydrogen (secondary N) is 2. The molecule has 0 aliphatic rings. The number of fused-ring (bicyclic) bond motifs is 1. The summed E-state index contributed by atoms with van der Waals surface area (Å²) in [6.07, 6.45) is 5.82. The third-order valence-corrected chi connectivity index (χ3v) is 6.46. The lowest BCUT2D eigenvalue weighted by molar-refractivity contribution is 0.0998. The van der Waals surface area contributed by atoms with Crippen LogP contribution in [0, 0.1) is 0 Å². The van der Waals surface area contributed by atoms with Crippen molar-refractivity contribution in [2.45, 2.75) is 25.3 Å². The molecule has 2 amide bonds. The Hall–Kier alpha value is -4.76. The summed E-state index contributed by atoms with van der Waals surface area (Å²) >= 11 is 0. The minimum atomic E-state index is -0.552. The summed E-state index contributed by atoms with van der Waals surface area (Å²) in [5.74, 6) is 0.526. The number of methoxy groups -OCH3 is 1. The molecule has 0 spiro atoms. The number of amides is 2. The predicted molar refractivity (Wildman–Crippen MR) is 154 cm³/mol. The highest BCUT2D eigenvalue weighted by molar-refractivity contribution is 6.07. The third-order valence-electron chi connectivity index (χ3n) is 6.46. The van der Waals surface area contributed by atoms with Crippen molar-refractivity contribution in [1.29, 1.82) is 0 Å². The van der Waals surface area contributed by atoms with Gasteiger partial charge in [0, 0.05) is 23.7 Å². The molecule has 0 bridgehead atoms. The van der Waals surface area contributed by atoms with Crippen LogP contribution in [0.5, 0.6) is 5.75 Å². The molecule has 0 radical (unpaired) electrons. The van der Waals surface area contributed by atoms with E-state index in [1.807, 2.05) is 48.5 Å². The van der Waals surface area contributed by atoms with Gasteiger partial charge < -0.3 is 15.8 Å². The second-order valence-corrected chi connectivity index (χ2v) is 8.90. The van der Waals surface area contributed by atoms with Crippen LogP contribution >= 0.6 is 0 Å². The zero-order chi connectivity index (χ0) is 27.8. The van der Waals surface area contributed by atoms with Gasteiger partial charge >= 0.3 is 0 Å². The summed E-state index contributed by atoms with van der Waals surface area (Å²) in [4.78, 5) is 33.9. The Labute approximate surface area is 227 Å². The number of aromatic nitrogens is 2. The van der Waals surface area contributed by atoms with Crippen LogP contribution in [0.25, 0.3) is 10.9 Å². The molecule has 1 aromatic heterocycles. The third kappa shape index (κ3) is 6.22. The first kappa shape index (κ1) is 27.3. The molecule has 1 atom stereocenters. The Morgan fingerprint density at radius 3 is 2.56 bits per heavy atom. The lowest BCUT2D eigenvalue weighted by atomic mass is 9.99. The van der Waals surface area contributed by atoms with Crippen LogP contribution < -0.4 is 26.2 Å². The number of rotatable bonds is 12. The molecule has 4 aromatic rings. The Bertz CT molecular complexity index is 1470. The van der Waals surface area contributed by atoms with Crippen LogP contribution in [-0.2, 0) is 0 Å². The van der Waals surface area contributed by atoms with Crippen LogP contribution in [0.2, 0.25) is 0 Å². The number of primary amides is 1. The number of benzene rings is 3. The first-order chi connectivity index (χ1) is 19.0. The van der Waals surface area contributed by atoms with Gasteiger partial charge in [0.05, 0.1) is 24.2 Å². The Balaban J connectivity index is 1.70. The van der Waals surface area contributed by atoms with Crippen LogP contribution in [0.1, 0.15) is 51.6 Å². The molecule has 4 N–H and O–H groups in total. The molecular formula is C30H32N6O3. The normalized spacial score (nSPS) is 11.5. The molecule has 0 saturated carbocycles. The highest BCUT2D eigenvalue weighted by atomic mass is 16.5. The molecule has 9 nitrogen and oxygen atoms in total. The predicted octanol–water partition coefficient (Wildman–Crippen LogP) is 5.03. The van der Waals surface area contributed by atoms with E-state index in [-0.39, 0.29) is 11.9 Å². The standard InChI is InChI=1S/C30H32N6O3/c1-4-5-6-13-26(36(32-2)29-25-12-8-11-24(28(31)37)27(25)33-19-34-29)21-9-7-10-22(18-21)35-30(38)20-14-16-23(39-3)17-15-20/h4,7-12,14-19,26,32H,1,5-6,13H2,2-3H3,(H2,31,37)(H,35,38). The average molecular weight is 525 g/mol. The second-order valence-electron chi connectivity index (χ2n) is 8.90. The fourth-order valence-corrected chi connectivity index (χ4v) is 4.54. The maximum absolute atomic E-state index is 12.9. The SMILES string of the molecule is C=CCCCC(c1cccc(NC(=O)c2ccc(OC)cc2)c1)N(NC)c1ncnc2c(C(N)=O)cccc12. The summed E-state index contributed by atoms with van der Waals surface area (Å²) in [6.45, 7) is 3.86. The molecule has 9 heteroatoms. The monoisotopic (exact) mass is 524 g/mol. The van der Waals surface area contributed by atoms with Gasteiger partial charge in [0.25, 0.3) is 11.8 Å². The first-order valence-electron chi connectivity index (χ1n) is 12.6. The van der Waals surface area contributed by atoms with Gasteiger partial charge in [-0.2, -0.15) is 0 Å². The van der Waals surface area contributed by atoms with Crippen LogP contribution in [0.4, 0.5) is 11.5 Å². The van der Waals surface area contributed by atoms with Crippen molar-refractivity contribution in [3.8, 4) is 5.75 Å². The van der Waals surface area contributed by atoms with E-state index in [4.69, 9.17) is 10.5 Å². The molecule has 0 aliphatic carbocycles. The van der Waals surface area contributed by atoms with Crippen molar-refractivity contribution in [2.24, 2.45) is 5.73 Å². The molecule has 39 heavy (non-hydrogen) atoms. The highest BCUT2D eigenvalue weighted by Crippen LogP contribution is 2.34.